The number of ketones is 1. The highest BCUT2D eigenvalue weighted by Crippen LogP contribution is 2.30. The zero-order valence-corrected chi connectivity index (χ0v) is 7.97. The fourth-order valence-electron chi connectivity index (χ4n) is 2.37. The predicted octanol–water partition coefficient (Wildman–Crippen LogP) is 0.720. The molecular weight excluding hydrogens is 164 g/mol. The second kappa shape index (κ2) is 3.07. The smallest absolute Gasteiger partial charge is 0.147 e. The van der Waals surface area contributed by atoms with E-state index in [0.717, 1.165) is 6.54 Å². The van der Waals surface area contributed by atoms with Crippen LogP contribution in [0.15, 0.2) is 17.3 Å². The van der Waals surface area contributed by atoms with Crippen molar-refractivity contribution in [2.24, 2.45) is 16.8 Å². The van der Waals surface area contributed by atoms with Crippen LogP contribution in [-0.2, 0) is 4.79 Å². The summed E-state index contributed by atoms with van der Waals surface area (Å²) >= 11 is 0. The molecule has 2 rings (SSSR count). The number of hydrogen-bond donors (Lipinski definition) is 0. The summed E-state index contributed by atoms with van der Waals surface area (Å²) in [6.07, 6.45) is 5.85. The van der Waals surface area contributed by atoms with Crippen LogP contribution in [0.1, 0.15) is 6.92 Å². The number of aliphatic imine (C=N–C) groups is 1. The van der Waals surface area contributed by atoms with Gasteiger partial charge in [0.1, 0.15) is 5.78 Å². The summed E-state index contributed by atoms with van der Waals surface area (Å²) in [5.74, 6) is 1.03. The van der Waals surface area contributed by atoms with Gasteiger partial charge in [-0.1, -0.05) is 6.08 Å². The minimum atomic E-state index is 0.0405. The SMILES string of the molecule is CC(=O)C1C2C=NC=CC2CN1C. The molecule has 0 N–H and O–H groups in total. The van der Waals surface area contributed by atoms with Crippen LogP contribution in [0.25, 0.3) is 0 Å². The van der Waals surface area contributed by atoms with Crippen molar-refractivity contribution < 1.29 is 4.79 Å². The van der Waals surface area contributed by atoms with Gasteiger partial charge < -0.3 is 0 Å². The average molecular weight is 178 g/mol. The van der Waals surface area contributed by atoms with E-state index in [1.165, 1.54) is 0 Å². The molecule has 2 aliphatic heterocycles. The summed E-state index contributed by atoms with van der Waals surface area (Å²) < 4.78 is 0. The van der Waals surface area contributed by atoms with E-state index in [0.29, 0.717) is 11.8 Å². The molecule has 2 heterocycles. The van der Waals surface area contributed by atoms with Crippen molar-refractivity contribution in [1.29, 1.82) is 0 Å². The third-order valence-corrected chi connectivity index (χ3v) is 2.93. The summed E-state index contributed by atoms with van der Waals surface area (Å²) in [7, 11) is 2.01. The Morgan fingerprint density at radius 3 is 3.08 bits per heavy atom. The van der Waals surface area contributed by atoms with Crippen LogP contribution in [0.2, 0.25) is 0 Å². The van der Waals surface area contributed by atoms with Crippen molar-refractivity contribution in [3.8, 4) is 0 Å². The van der Waals surface area contributed by atoms with E-state index in [1.807, 2.05) is 19.5 Å². The van der Waals surface area contributed by atoms with Gasteiger partial charge in [-0.05, 0) is 14.0 Å². The van der Waals surface area contributed by atoms with Crippen LogP contribution in [0.5, 0.6) is 0 Å². The number of likely N-dealkylation sites (tertiary alicyclic amines) is 1. The Kier molecular flexibility index (Phi) is 2.04. The quantitative estimate of drug-likeness (QED) is 0.592. The van der Waals surface area contributed by atoms with E-state index in [1.54, 1.807) is 6.92 Å². The molecule has 0 saturated carbocycles. The lowest BCUT2D eigenvalue weighted by Gasteiger charge is -2.20. The second-order valence-electron chi connectivity index (χ2n) is 3.88. The summed E-state index contributed by atoms with van der Waals surface area (Å²) in [5, 5.41) is 0. The number of nitrogens with zero attached hydrogens (tertiary/aromatic N) is 2. The molecule has 1 saturated heterocycles. The van der Waals surface area contributed by atoms with Crippen LogP contribution in [0, 0.1) is 11.8 Å². The maximum atomic E-state index is 11.4. The fraction of sp³-hybridized carbons (Fsp3) is 0.600. The van der Waals surface area contributed by atoms with Gasteiger partial charge in [-0.15, -0.1) is 0 Å². The maximum absolute atomic E-state index is 11.4. The first-order chi connectivity index (χ1) is 6.20. The normalized spacial score (nSPS) is 37.8. The fourth-order valence-corrected chi connectivity index (χ4v) is 2.37. The average Bonchev–Trinajstić information content (AvgIpc) is 2.39. The van der Waals surface area contributed by atoms with Gasteiger partial charge in [0.15, 0.2) is 0 Å². The molecule has 3 unspecified atom stereocenters. The van der Waals surface area contributed by atoms with Gasteiger partial charge in [0.05, 0.1) is 6.04 Å². The van der Waals surface area contributed by atoms with Crippen LogP contribution in [0.3, 0.4) is 0 Å². The van der Waals surface area contributed by atoms with Gasteiger partial charge in [0.25, 0.3) is 0 Å². The third-order valence-electron chi connectivity index (χ3n) is 2.93. The lowest BCUT2D eigenvalue weighted by Crippen LogP contribution is -2.36. The van der Waals surface area contributed by atoms with Gasteiger partial charge in [0.2, 0.25) is 0 Å². The lowest BCUT2D eigenvalue weighted by molar-refractivity contribution is -0.121. The van der Waals surface area contributed by atoms with Crippen LogP contribution in [-0.4, -0.2) is 36.5 Å². The van der Waals surface area contributed by atoms with Gasteiger partial charge in [-0.3, -0.25) is 14.7 Å². The molecule has 0 spiro atoms. The minimum absolute atomic E-state index is 0.0405. The molecule has 0 aromatic carbocycles. The summed E-state index contributed by atoms with van der Waals surface area (Å²) in [6, 6.07) is 0.0405. The molecule has 3 nitrogen and oxygen atoms in total. The molecule has 3 atom stereocenters. The van der Waals surface area contributed by atoms with Gasteiger partial charge in [-0.2, -0.15) is 0 Å². The van der Waals surface area contributed by atoms with E-state index < -0.39 is 0 Å². The Hall–Kier alpha value is -0.960. The Morgan fingerprint density at radius 2 is 2.38 bits per heavy atom. The molecule has 1 fully saturated rings. The van der Waals surface area contributed by atoms with E-state index in [-0.39, 0.29) is 11.8 Å². The van der Waals surface area contributed by atoms with Gasteiger partial charge in [-0.25, -0.2) is 0 Å². The van der Waals surface area contributed by atoms with Gasteiger partial charge in [0, 0.05) is 30.8 Å². The molecule has 70 valence electrons. The highest BCUT2D eigenvalue weighted by molar-refractivity contribution is 5.86. The van der Waals surface area contributed by atoms with Crippen molar-refractivity contribution in [1.82, 2.24) is 4.90 Å². The molecule has 0 aromatic rings. The molecule has 2 aliphatic rings. The molecule has 3 heteroatoms. The summed E-state index contributed by atoms with van der Waals surface area (Å²) in [6.45, 7) is 2.63. The van der Waals surface area contributed by atoms with E-state index in [9.17, 15) is 4.79 Å². The second-order valence-corrected chi connectivity index (χ2v) is 3.88. The minimum Gasteiger partial charge on any atom is -0.298 e. The molecule has 0 aliphatic carbocycles. The number of carbonyl (C=O) groups excluding carboxylic acids is 1. The topological polar surface area (TPSA) is 32.7 Å². The summed E-state index contributed by atoms with van der Waals surface area (Å²) in [5.41, 5.74) is 0. The van der Waals surface area contributed by atoms with Crippen molar-refractivity contribution in [2.45, 2.75) is 13.0 Å². The Bertz CT molecular complexity index is 283. The molecule has 0 amide bonds. The van der Waals surface area contributed by atoms with Crippen molar-refractivity contribution in [2.75, 3.05) is 13.6 Å². The number of Topliss-reactive ketones (excluding diaryl/α,β-unsaturated/α-hetero) is 1. The summed E-state index contributed by atoms with van der Waals surface area (Å²) in [4.78, 5) is 17.6. The monoisotopic (exact) mass is 178 g/mol. The van der Waals surface area contributed by atoms with E-state index in [4.69, 9.17) is 0 Å². The van der Waals surface area contributed by atoms with E-state index >= 15 is 0 Å². The van der Waals surface area contributed by atoms with Crippen LogP contribution >= 0.6 is 0 Å². The van der Waals surface area contributed by atoms with Crippen LogP contribution in [0.4, 0.5) is 0 Å². The largest absolute Gasteiger partial charge is 0.298 e. The Labute approximate surface area is 78.1 Å². The number of rotatable bonds is 1. The van der Waals surface area contributed by atoms with Crippen molar-refractivity contribution in [3.63, 3.8) is 0 Å². The number of hydrogen-bond acceptors (Lipinski definition) is 3. The van der Waals surface area contributed by atoms with Crippen molar-refractivity contribution in [3.05, 3.63) is 12.3 Å². The lowest BCUT2D eigenvalue weighted by atomic mass is 9.89. The van der Waals surface area contributed by atoms with E-state index in [2.05, 4.69) is 16.0 Å². The zero-order valence-electron chi connectivity index (χ0n) is 7.97. The first-order valence-corrected chi connectivity index (χ1v) is 4.61. The number of carbonyl (C=O) groups is 1. The molecule has 0 bridgehead atoms. The standard InChI is InChI=1S/C10H14N2O/c1-7(13)10-9-5-11-4-3-8(9)6-12(10)2/h3-5,8-10H,6H2,1-2H3. The highest BCUT2D eigenvalue weighted by Gasteiger charge is 2.40. The first-order valence-electron chi connectivity index (χ1n) is 4.61. The Morgan fingerprint density at radius 1 is 1.62 bits per heavy atom. The molecule has 0 aromatic heterocycles. The highest BCUT2D eigenvalue weighted by atomic mass is 16.1. The maximum Gasteiger partial charge on any atom is 0.147 e. The predicted molar refractivity (Wildman–Crippen MR) is 51.7 cm³/mol. The molecule has 13 heavy (non-hydrogen) atoms. The zero-order chi connectivity index (χ0) is 9.42. The molecule has 0 radical (unpaired) electrons. The Balaban J connectivity index is 2.25. The molecular formula is C10H14N2O. The van der Waals surface area contributed by atoms with Gasteiger partial charge >= 0.3 is 0 Å². The van der Waals surface area contributed by atoms with Crippen molar-refractivity contribution >= 4 is 12.0 Å². The first kappa shape index (κ1) is 8.63. The van der Waals surface area contributed by atoms with Crippen LogP contribution < -0.4 is 0 Å². The number of fused-ring (bicyclic) bond motifs is 1. The third kappa shape index (κ3) is 1.33. The number of likely N-dealkylation sites (N-methyl/N-ethyl adjacent to an activating group) is 1.